The average molecular weight is 432 g/mol. The summed E-state index contributed by atoms with van der Waals surface area (Å²) >= 11 is 11.8. The molecule has 0 saturated heterocycles. The minimum Gasteiger partial charge on any atom is -0.484 e. The molecule has 0 saturated carbocycles. The molecule has 0 aliphatic carbocycles. The van der Waals surface area contributed by atoms with Gasteiger partial charge in [0.15, 0.2) is 6.61 Å². The highest BCUT2D eigenvalue weighted by molar-refractivity contribution is 6.30. The number of ether oxygens (including phenoxy) is 1. The maximum atomic E-state index is 12.2. The van der Waals surface area contributed by atoms with Gasteiger partial charge in [-0.2, -0.15) is 4.98 Å². The number of nitrogens with zero attached hydrogens (tertiary/aromatic N) is 3. The molecule has 0 fully saturated rings. The van der Waals surface area contributed by atoms with Crippen molar-refractivity contribution in [3.05, 3.63) is 64.1 Å². The van der Waals surface area contributed by atoms with Crippen molar-refractivity contribution in [2.75, 3.05) is 17.2 Å². The molecular formula is C19H15Cl2N5O3. The molecule has 148 valence electrons. The fourth-order valence-electron chi connectivity index (χ4n) is 2.90. The topological polar surface area (TPSA) is 98.1 Å². The zero-order chi connectivity index (χ0) is 20.4. The Morgan fingerprint density at radius 2 is 1.79 bits per heavy atom. The molecule has 1 aliphatic rings. The van der Waals surface area contributed by atoms with Gasteiger partial charge >= 0.3 is 0 Å². The van der Waals surface area contributed by atoms with Gasteiger partial charge < -0.3 is 4.74 Å². The number of aromatic nitrogens is 3. The molecule has 2 amide bonds. The molecule has 0 radical (unpaired) electrons. The Labute approximate surface area is 175 Å². The lowest BCUT2D eigenvalue weighted by Crippen LogP contribution is -2.29. The van der Waals surface area contributed by atoms with Crippen molar-refractivity contribution >= 4 is 46.9 Å². The highest BCUT2D eigenvalue weighted by Gasteiger charge is 2.29. The van der Waals surface area contributed by atoms with Crippen LogP contribution in [-0.2, 0) is 9.59 Å². The van der Waals surface area contributed by atoms with E-state index < -0.39 is 5.91 Å². The van der Waals surface area contributed by atoms with Gasteiger partial charge in [-0.3, -0.25) is 20.2 Å². The monoisotopic (exact) mass is 431 g/mol. The predicted molar refractivity (Wildman–Crippen MR) is 108 cm³/mol. The van der Waals surface area contributed by atoms with E-state index in [-0.39, 0.29) is 36.9 Å². The van der Waals surface area contributed by atoms with E-state index in [1.807, 2.05) is 12.1 Å². The van der Waals surface area contributed by atoms with Crippen LogP contribution < -0.4 is 15.4 Å². The van der Waals surface area contributed by atoms with Gasteiger partial charge in [-0.05, 0) is 42.0 Å². The van der Waals surface area contributed by atoms with Crippen molar-refractivity contribution in [2.45, 2.75) is 12.5 Å². The highest BCUT2D eigenvalue weighted by Crippen LogP contribution is 2.30. The molecule has 8 nitrogen and oxygen atoms in total. The van der Waals surface area contributed by atoms with Crippen LogP contribution in [-0.4, -0.2) is 33.2 Å². The average Bonchev–Trinajstić information content (AvgIpc) is 3.09. The largest absolute Gasteiger partial charge is 0.484 e. The van der Waals surface area contributed by atoms with Crippen LogP contribution in [0, 0.1) is 0 Å². The summed E-state index contributed by atoms with van der Waals surface area (Å²) in [4.78, 5) is 28.4. The number of nitrogens with one attached hydrogen (secondary N) is 2. The van der Waals surface area contributed by atoms with Crippen molar-refractivity contribution in [1.82, 2.24) is 14.8 Å². The van der Waals surface area contributed by atoms with Crippen LogP contribution in [0.2, 0.25) is 10.0 Å². The van der Waals surface area contributed by atoms with Gasteiger partial charge in [-0.15, -0.1) is 5.10 Å². The molecule has 0 spiro atoms. The van der Waals surface area contributed by atoms with Gasteiger partial charge in [-0.1, -0.05) is 35.3 Å². The number of fused-ring (bicyclic) bond motifs is 1. The third-order valence-corrected chi connectivity index (χ3v) is 4.75. The first-order valence-corrected chi connectivity index (χ1v) is 9.43. The number of rotatable bonds is 5. The standard InChI is InChI=1S/C19H15Cl2N5O3/c20-12-3-1-11(2-4-12)15-9-16(27)23-19-24-18(25-26(15)19)22-17(28)10-29-14-7-5-13(21)6-8-14/h1-8,15H,9-10H2,(H2,22,23,24,25,27,28). The van der Waals surface area contributed by atoms with E-state index in [4.69, 9.17) is 27.9 Å². The van der Waals surface area contributed by atoms with Crippen LogP contribution in [0.25, 0.3) is 0 Å². The van der Waals surface area contributed by atoms with E-state index in [1.54, 1.807) is 41.1 Å². The molecule has 2 aromatic carbocycles. The van der Waals surface area contributed by atoms with Gasteiger partial charge in [-0.25, -0.2) is 4.68 Å². The zero-order valence-electron chi connectivity index (χ0n) is 14.9. The van der Waals surface area contributed by atoms with Gasteiger partial charge in [0.25, 0.3) is 11.9 Å². The number of anilines is 2. The zero-order valence-corrected chi connectivity index (χ0v) is 16.4. The van der Waals surface area contributed by atoms with Crippen LogP contribution in [0.15, 0.2) is 48.5 Å². The molecule has 10 heteroatoms. The summed E-state index contributed by atoms with van der Waals surface area (Å²) < 4.78 is 6.97. The maximum Gasteiger partial charge on any atom is 0.264 e. The van der Waals surface area contributed by atoms with Crippen LogP contribution >= 0.6 is 23.2 Å². The molecule has 2 heterocycles. The minimum absolute atomic E-state index is 0.0749. The second-order valence-corrected chi connectivity index (χ2v) is 7.19. The van der Waals surface area contributed by atoms with Crippen LogP contribution in [0.5, 0.6) is 5.75 Å². The van der Waals surface area contributed by atoms with E-state index in [0.29, 0.717) is 15.8 Å². The second kappa shape index (κ2) is 8.10. The van der Waals surface area contributed by atoms with Gasteiger partial charge in [0.1, 0.15) is 5.75 Å². The predicted octanol–water partition coefficient (Wildman–Crippen LogP) is 3.53. The molecule has 3 aromatic rings. The Balaban J connectivity index is 1.46. The number of hydrogen-bond acceptors (Lipinski definition) is 5. The molecule has 1 aliphatic heterocycles. The minimum atomic E-state index is -0.433. The number of carbonyl (C=O) groups excluding carboxylic acids is 2. The third kappa shape index (κ3) is 4.49. The summed E-state index contributed by atoms with van der Waals surface area (Å²) in [6.45, 7) is -0.224. The van der Waals surface area contributed by atoms with Crippen molar-refractivity contribution < 1.29 is 14.3 Å². The smallest absolute Gasteiger partial charge is 0.264 e. The van der Waals surface area contributed by atoms with Crippen molar-refractivity contribution in [1.29, 1.82) is 0 Å². The van der Waals surface area contributed by atoms with E-state index in [9.17, 15) is 9.59 Å². The molecule has 1 unspecified atom stereocenters. The van der Waals surface area contributed by atoms with Crippen LogP contribution in [0.1, 0.15) is 18.0 Å². The fourth-order valence-corrected chi connectivity index (χ4v) is 3.15. The summed E-state index contributed by atoms with van der Waals surface area (Å²) in [5.74, 6) is 0.226. The van der Waals surface area contributed by atoms with Crippen molar-refractivity contribution in [3.63, 3.8) is 0 Å². The molecule has 4 rings (SSSR count). The van der Waals surface area contributed by atoms with Crippen molar-refractivity contribution in [3.8, 4) is 5.75 Å². The summed E-state index contributed by atoms with van der Waals surface area (Å²) in [6.07, 6.45) is 0.199. The first kappa shape index (κ1) is 19.2. The van der Waals surface area contributed by atoms with E-state index in [2.05, 4.69) is 20.7 Å². The van der Waals surface area contributed by atoms with Gasteiger partial charge in [0.05, 0.1) is 12.5 Å². The molecule has 29 heavy (non-hydrogen) atoms. The van der Waals surface area contributed by atoms with Gasteiger partial charge in [0.2, 0.25) is 11.9 Å². The lowest BCUT2D eigenvalue weighted by molar-refractivity contribution is -0.118. The second-order valence-electron chi connectivity index (χ2n) is 6.31. The first-order valence-electron chi connectivity index (χ1n) is 8.68. The van der Waals surface area contributed by atoms with E-state index in [0.717, 1.165) is 5.56 Å². The summed E-state index contributed by atoms with van der Waals surface area (Å²) in [6, 6.07) is 13.5. The normalized spacial score (nSPS) is 15.4. The fraction of sp³-hybridized carbons (Fsp3) is 0.158. The quantitative estimate of drug-likeness (QED) is 0.643. The number of amides is 2. The lowest BCUT2D eigenvalue weighted by Gasteiger charge is -2.23. The molecule has 1 atom stereocenters. The van der Waals surface area contributed by atoms with E-state index in [1.165, 1.54) is 0 Å². The summed E-state index contributed by atoms with van der Waals surface area (Å²) in [5.41, 5.74) is 0.861. The maximum absolute atomic E-state index is 12.2. The lowest BCUT2D eigenvalue weighted by atomic mass is 10.0. The van der Waals surface area contributed by atoms with E-state index >= 15 is 0 Å². The first-order chi connectivity index (χ1) is 14.0. The summed E-state index contributed by atoms with van der Waals surface area (Å²) in [7, 11) is 0. The molecule has 1 aromatic heterocycles. The van der Waals surface area contributed by atoms with Crippen LogP contribution in [0.3, 0.4) is 0 Å². The Hall–Kier alpha value is -3.10. The Morgan fingerprint density at radius 3 is 2.48 bits per heavy atom. The Morgan fingerprint density at radius 1 is 1.14 bits per heavy atom. The van der Waals surface area contributed by atoms with Gasteiger partial charge in [0, 0.05) is 10.0 Å². The molecule has 0 bridgehead atoms. The number of benzene rings is 2. The Bertz CT molecular complexity index is 1050. The van der Waals surface area contributed by atoms with Crippen molar-refractivity contribution in [2.24, 2.45) is 0 Å². The molecule has 2 N–H and O–H groups in total. The molecular weight excluding hydrogens is 417 g/mol. The van der Waals surface area contributed by atoms with Crippen LogP contribution in [0.4, 0.5) is 11.9 Å². The summed E-state index contributed by atoms with van der Waals surface area (Å²) in [5, 5.41) is 10.7. The SMILES string of the molecule is O=C(COc1ccc(Cl)cc1)Nc1nc2n(n1)C(c1ccc(Cl)cc1)CC(=O)N2. The number of hydrogen-bond donors (Lipinski definition) is 2. The third-order valence-electron chi connectivity index (χ3n) is 4.25. The number of carbonyl (C=O) groups is 2. The number of halogens is 2. The highest BCUT2D eigenvalue weighted by atomic mass is 35.5. The Kier molecular flexibility index (Phi) is 5.37.